The van der Waals surface area contributed by atoms with Gasteiger partial charge < -0.3 is 10.2 Å². The van der Waals surface area contributed by atoms with Crippen LogP contribution in [0.2, 0.25) is 0 Å². The molecule has 2 aromatic rings. The molecule has 0 atom stereocenters. The van der Waals surface area contributed by atoms with Crippen molar-refractivity contribution >= 4 is 17.5 Å². The zero-order chi connectivity index (χ0) is 19.4. The van der Waals surface area contributed by atoms with Crippen molar-refractivity contribution in [3.8, 4) is 0 Å². The van der Waals surface area contributed by atoms with Gasteiger partial charge in [0, 0.05) is 29.5 Å². The average molecular weight is 355 g/mol. The third-order valence-corrected chi connectivity index (χ3v) is 5.17. The van der Waals surface area contributed by atoms with Gasteiger partial charge in [-0.05, 0) is 65.5 Å². The van der Waals surface area contributed by atoms with E-state index < -0.39 is 0 Å². The van der Waals surface area contributed by atoms with E-state index in [0.717, 1.165) is 42.4 Å². The lowest BCUT2D eigenvalue weighted by molar-refractivity contribution is 0.666. The van der Waals surface area contributed by atoms with E-state index in [4.69, 9.17) is 9.97 Å². The van der Waals surface area contributed by atoms with Crippen LogP contribution in [0, 0.1) is 34.6 Å². The van der Waals surface area contributed by atoms with E-state index in [1.54, 1.807) is 0 Å². The molecule has 0 aliphatic rings. The third-order valence-electron chi connectivity index (χ3n) is 5.17. The van der Waals surface area contributed by atoms with Gasteiger partial charge in [0.2, 0.25) is 5.95 Å². The molecule has 1 N–H and O–H groups in total. The van der Waals surface area contributed by atoms with Gasteiger partial charge in [-0.15, -0.1) is 0 Å². The normalized spacial score (nSPS) is 11.1. The molecule has 142 valence electrons. The molecule has 1 aromatic carbocycles. The van der Waals surface area contributed by atoms with Crippen molar-refractivity contribution in [2.45, 2.75) is 74.3 Å². The highest BCUT2D eigenvalue weighted by Gasteiger charge is 2.19. The summed E-state index contributed by atoms with van der Waals surface area (Å²) in [5.41, 5.74) is 7.20. The first-order valence-corrected chi connectivity index (χ1v) is 9.79. The molecule has 0 bridgehead atoms. The molecule has 0 aliphatic carbocycles. The maximum Gasteiger partial charge on any atom is 0.232 e. The first-order valence-electron chi connectivity index (χ1n) is 9.79. The van der Waals surface area contributed by atoms with Crippen LogP contribution in [-0.2, 0) is 0 Å². The van der Waals surface area contributed by atoms with Crippen LogP contribution in [0.1, 0.15) is 61.6 Å². The zero-order valence-electron chi connectivity index (χ0n) is 17.7. The van der Waals surface area contributed by atoms with Crippen molar-refractivity contribution in [2.75, 3.05) is 16.8 Å². The van der Waals surface area contributed by atoms with Crippen LogP contribution in [0.15, 0.2) is 12.1 Å². The van der Waals surface area contributed by atoms with Gasteiger partial charge in [0.1, 0.15) is 5.82 Å². The summed E-state index contributed by atoms with van der Waals surface area (Å²) in [5, 5.41) is 3.62. The first-order chi connectivity index (χ1) is 12.3. The molecule has 26 heavy (non-hydrogen) atoms. The summed E-state index contributed by atoms with van der Waals surface area (Å²) in [4.78, 5) is 12.0. The third kappa shape index (κ3) is 4.17. The first kappa shape index (κ1) is 20.2. The van der Waals surface area contributed by atoms with Gasteiger partial charge >= 0.3 is 0 Å². The molecular weight excluding hydrogens is 320 g/mol. The number of hydrogen-bond donors (Lipinski definition) is 1. The number of rotatable bonds is 7. The molecule has 2 rings (SSSR count). The molecule has 1 aromatic heterocycles. The Morgan fingerprint density at radius 1 is 0.923 bits per heavy atom. The predicted octanol–water partition coefficient (Wildman–Crippen LogP) is 5.78. The highest BCUT2D eigenvalue weighted by Crippen LogP contribution is 2.32. The van der Waals surface area contributed by atoms with Gasteiger partial charge in [-0.2, -0.15) is 4.98 Å². The standard InChI is InChI=1S/C22H34N4/c1-9-19(10-2)24-21-17(7)18(8)23-22(25-21)26(11-3)20-15(5)12-14(4)13-16(20)6/h12-13,19H,9-11H2,1-8H3,(H,23,24,25). The van der Waals surface area contributed by atoms with Gasteiger partial charge in [0.25, 0.3) is 0 Å². The van der Waals surface area contributed by atoms with Crippen LogP contribution in [0.3, 0.4) is 0 Å². The van der Waals surface area contributed by atoms with E-state index >= 15 is 0 Å². The lowest BCUT2D eigenvalue weighted by atomic mass is 10.0. The number of nitrogens with zero attached hydrogens (tertiary/aromatic N) is 3. The van der Waals surface area contributed by atoms with Gasteiger partial charge in [-0.25, -0.2) is 4.98 Å². The SMILES string of the molecule is CCC(CC)Nc1nc(N(CC)c2c(C)cc(C)cc2C)nc(C)c1C. The Kier molecular flexibility index (Phi) is 6.63. The minimum atomic E-state index is 0.439. The van der Waals surface area contributed by atoms with Crippen LogP contribution in [0.4, 0.5) is 17.5 Å². The molecule has 0 fully saturated rings. The van der Waals surface area contributed by atoms with Crippen LogP contribution >= 0.6 is 0 Å². The predicted molar refractivity (Wildman–Crippen MR) is 113 cm³/mol. The molecule has 4 nitrogen and oxygen atoms in total. The largest absolute Gasteiger partial charge is 0.367 e. The fourth-order valence-electron chi connectivity index (χ4n) is 3.56. The maximum atomic E-state index is 4.92. The molecule has 4 heteroatoms. The number of aryl methyl sites for hydroxylation is 4. The van der Waals surface area contributed by atoms with Crippen LogP contribution in [0.5, 0.6) is 0 Å². The van der Waals surface area contributed by atoms with E-state index in [-0.39, 0.29) is 0 Å². The zero-order valence-corrected chi connectivity index (χ0v) is 17.7. The summed E-state index contributed by atoms with van der Waals surface area (Å²) in [5.74, 6) is 1.74. The number of aromatic nitrogens is 2. The molecule has 0 aliphatic heterocycles. The smallest absolute Gasteiger partial charge is 0.232 e. The molecule has 0 unspecified atom stereocenters. The van der Waals surface area contributed by atoms with Crippen molar-refractivity contribution < 1.29 is 0 Å². The Morgan fingerprint density at radius 3 is 2.00 bits per heavy atom. The van der Waals surface area contributed by atoms with Crippen molar-refractivity contribution in [2.24, 2.45) is 0 Å². The lowest BCUT2D eigenvalue weighted by Crippen LogP contribution is -2.24. The second-order valence-corrected chi connectivity index (χ2v) is 7.23. The van der Waals surface area contributed by atoms with E-state index in [0.29, 0.717) is 6.04 Å². The van der Waals surface area contributed by atoms with Crippen molar-refractivity contribution in [3.63, 3.8) is 0 Å². The van der Waals surface area contributed by atoms with Crippen LogP contribution < -0.4 is 10.2 Å². The number of benzene rings is 1. The quantitative estimate of drug-likeness (QED) is 0.684. The van der Waals surface area contributed by atoms with E-state index in [1.165, 1.54) is 22.4 Å². The van der Waals surface area contributed by atoms with Crippen LogP contribution in [-0.4, -0.2) is 22.6 Å². The molecule has 0 radical (unpaired) electrons. The average Bonchev–Trinajstić information content (AvgIpc) is 2.59. The summed E-state index contributed by atoms with van der Waals surface area (Å²) in [6.07, 6.45) is 2.17. The highest BCUT2D eigenvalue weighted by atomic mass is 15.3. The Bertz CT molecular complexity index is 740. The monoisotopic (exact) mass is 354 g/mol. The second kappa shape index (κ2) is 8.52. The van der Waals surface area contributed by atoms with Crippen LogP contribution in [0.25, 0.3) is 0 Å². The second-order valence-electron chi connectivity index (χ2n) is 7.23. The summed E-state index contributed by atoms with van der Waals surface area (Å²) in [6, 6.07) is 4.90. The highest BCUT2D eigenvalue weighted by molar-refractivity contribution is 5.67. The van der Waals surface area contributed by atoms with E-state index in [2.05, 4.69) is 77.7 Å². The van der Waals surface area contributed by atoms with Gasteiger partial charge in [0.05, 0.1) is 0 Å². The summed E-state index contributed by atoms with van der Waals surface area (Å²) in [6.45, 7) is 18.1. The Balaban J connectivity index is 2.54. The van der Waals surface area contributed by atoms with E-state index in [1.807, 2.05) is 0 Å². The molecular formula is C22H34N4. The van der Waals surface area contributed by atoms with Gasteiger partial charge in [-0.1, -0.05) is 31.5 Å². The van der Waals surface area contributed by atoms with Gasteiger partial charge in [-0.3, -0.25) is 0 Å². The maximum absolute atomic E-state index is 4.92. The molecule has 0 amide bonds. The number of anilines is 3. The lowest BCUT2D eigenvalue weighted by Gasteiger charge is -2.27. The molecule has 1 heterocycles. The number of nitrogens with one attached hydrogen (secondary N) is 1. The summed E-state index contributed by atoms with van der Waals surface area (Å²) in [7, 11) is 0. The van der Waals surface area contributed by atoms with Crippen molar-refractivity contribution in [1.29, 1.82) is 0 Å². The Morgan fingerprint density at radius 2 is 1.50 bits per heavy atom. The van der Waals surface area contributed by atoms with Crippen molar-refractivity contribution in [1.82, 2.24) is 9.97 Å². The van der Waals surface area contributed by atoms with E-state index in [9.17, 15) is 0 Å². The number of hydrogen-bond acceptors (Lipinski definition) is 4. The topological polar surface area (TPSA) is 41.1 Å². The fraction of sp³-hybridized carbons (Fsp3) is 0.545. The Hall–Kier alpha value is -2.10. The van der Waals surface area contributed by atoms with Crippen molar-refractivity contribution in [3.05, 3.63) is 40.1 Å². The van der Waals surface area contributed by atoms with Gasteiger partial charge in [0.15, 0.2) is 0 Å². The fourth-order valence-corrected chi connectivity index (χ4v) is 3.56. The summed E-state index contributed by atoms with van der Waals surface area (Å²) < 4.78 is 0. The molecule has 0 saturated carbocycles. The Labute approximate surface area is 159 Å². The molecule has 0 spiro atoms. The minimum absolute atomic E-state index is 0.439. The molecule has 0 saturated heterocycles. The minimum Gasteiger partial charge on any atom is -0.367 e. The summed E-state index contributed by atoms with van der Waals surface area (Å²) >= 11 is 0.